The van der Waals surface area contributed by atoms with Gasteiger partial charge in [0.05, 0.1) is 6.61 Å². The number of rotatable bonds is 5. The highest BCUT2D eigenvalue weighted by atomic mass is 35.5. The van der Waals surface area contributed by atoms with Gasteiger partial charge < -0.3 is 4.74 Å². The molecule has 0 saturated carbocycles. The molecule has 0 bridgehead atoms. The van der Waals surface area contributed by atoms with E-state index in [1.807, 2.05) is 0 Å². The maximum Gasteiger partial charge on any atom is 0.417 e. The van der Waals surface area contributed by atoms with E-state index < -0.39 is 0 Å². The minimum absolute atomic E-state index is 0.424. The van der Waals surface area contributed by atoms with Gasteiger partial charge in [0.15, 0.2) is 0 Å². The molecule has 1 radical (unpaired) electrons. The molecule has 2 nitrogen and oxygen atoms in total. The third-order valence-corrected chi connectivity index (χ3v) is 1.06. The van der Waals surface area contributed by atoms with E-state index in [-0.39, 0.29) is 0 Å². The van der Waals surface area contributed by atoms with E-state index in [0.717, 1.165) is 19.3 Å². The van der Waals surface area contributed by atoms with E-state index in [1.54, 1.807) is 0 Å². The summed E-state index contributed by atoms with van der Waals surface area (Å²) in [6, 6.07) is 0. The second-order valence-electron chi connectivity index (χ2n) is 1.66. The number of ether oxygens (including phenoxy) is 1. The fourth-order valence-corrected chi connectivity index (χ4v) is 0.571. The van der Waals surface area contributed by atoms with Gasteiger partial charge in [0.2, 0.25) is 0 Å². The minimum atomic E-state index is 0.424. The Morgan fingerprint density at radius 2 is 2.20 bits per heavy atom. The lowest BCUT2D eigenvalue weighted by molar-refractivity contribution is 0.271. The molecule has 0 spiro atoms. The Kier molecular flexibility index (Phi) is 7.75. The first-order valence-electron chi connectivity index (χ1n) is 2.99. The van der Waals surface area contributed by atoms with E-state index in [4.69, 9.17) is 11.6 Å². The van der Waals surface area contributed by atoms with E-state index in [0.29, 0.717) is 6.61 Å². The molecule has 0 N–H and O–H groups in total. The molecule has 3 heteroatoms. The zero-order valence-electron chi connectivity index (χ0n) is 5.52. The summed E-state index contributed by atoms with van der Waals surface area (Å²) in [5.41, 5.74) is 0. The summed E-state index contributed by atoms with van der Waals surface area (Å²) in [6.45, 7) is 1.77. The number of unbranched alkanes of at least 4 members (excludes halogenated alkanes) is 2. The van der Waals surface area contributed by atoms with Gasteiger partial charge in [0, 0.05) is 11.8 Å². The summed E-state index contributed by atoms with van der Waals surface area (Å²) in [4.78, 5) is 9.50. The largest absolute Gasteiger partial charge is 0.457 e. The van der Waals surface area contributed by atoms with E-state index >= 15 is 0 Å². The molecule has 0 heterocycles. The SMILES string of the molecule is O=[C]OCCCCC#CCl. The van der Waals surface area contributed by atoms with Crippen molar-refractivity contribution in [2.24, 2.45) is 0 Å². The molecule has 0 aliphatic carbocycles. The zero-order valence-corrected chi connectivity index (χ0v) is 6.28. The van der Waals surface area contributed by atoms with Gasteiger partial charge >= 0.3 is 6.47 Å². The summed E-state index contributed by atoms with van der Waals surface area (Å²) in [7, 11) is 0. The van der Waals surface area contributed by atoms with Gasteiger partial charge in [-0.05, 0) is 24.4 Å². The Morgan fingerprint density at radius 3 is 2.80 bits per heavy atom. The summed E-state index contributed by atoms with van der Waals surface area (Å²) >= 11 is 5.09. The second-order valence-corrected chi connectivity index (χ2v) is 1.85. The zero-order chi connectivity index (χ0) is 7.66. The van der Waals surface area contributed by atoms with Crippen molar-refractivity contribution in [3.05, 3.63) is 0 Å². The van der Waals surface area contributed by atoms with Crippen LogP contribution in [0.1, 0.15) is 19.3 Å². The number of hydrogen-bond donors (Lipinski definition) is 0. The maximum absolute atomic E-state index is 9.50. The summed E-state index contributed by atoms with van der Waals surface area (Å²) in [5.74, 6) is 2.69. The predicted octanol–water partition coefficient (Wildman–Crippen LogP) is 1.44. The molecule has 0 rings (SSSR count). The van der Waals surface area contributed by atoms with Crippen molar-refractivity contribution < 1.29 is 9.53 Å². The van der Waals surface area contributed by atoms with Gasteiger partial charge in [0.25, 0.3) is 0 Å². The number of halogens is 1. The highest BCUT2D eigenvalue weighted by molar-refractivity contribution is 6.30. The Balaban J connectivity index is 2.88. The molecule has 0 atom stereocenters. The second kappa shape index (κ2) is 8.32. The summed E-state index contributed by atoms with van der Waals surface area (Å²) in [5, 5.41) is 2.26. The van der Waals surface area contributed by atoms with Crippen molar-refractivity contribution in [3.63, 3.8) is 0 Å². The van der Waals surface area contributed by atoms with E-state index in [9.17, 15) is 4.79 Å². The third-order valence-electron chi connectivity index (χ3n) is 0.924. The highest BCUT2D eigenvalue weighted by Gasteiger charge is 1.85. The molecule has 0 aliphatic rings. The molecule has 0 aromatic heterocycles. The van der Waals surface area contributed by atoms with Crippen LogP contribution in [0.2, 0.25) is 0 Å². The Morgan fingerprint density at radius 1 is 1.40 bits per heavy atom. The third kappa shape index (κ3) is 7.32. The predicted molar refractivity (Wildman–Crippen MR) is 39.1 cm³/mol. The Bertz CT molecular complexity index is 134. The quantitative estimate of drug-likeness (QED) is 0.448. The molecular weight excluding hydrogens is 152 g/mol. The van der Waals surface area contributed by atoms with Gasteiger partial charge in [-0.3, -0.25) is 0 Å². The first-order chi connectivity index (χ1) is 4.91. The van der Waals surface area contributed by atoms with Crippen LogP contribution in [0, 0.1) is 11.3 Å². The lowest BCUT2D eigenvalue weighted by Crippen LogP contribution is -1.90. The van der Waals surface area contributed by atoms with Crippen LogP contribution in [0.25, 0.3) is 0 Å². The molecule has 0 amide bonds. The lowest BCUT2D eigenvalue weighted by atomic mass is 10.2. The minimum Gasteiger partial charge on any atom is -0.457 e. The standard InChI is InChI=1S/C7H8ClO2/c8-5-3-1-2-4-6-10-7-9/h1-2,4,6H2. The van der Waals surface area contributed by atoms with Gasteiger partial charge in [-0.25, -0.2) is 4.79 Å². The van der Waals surface area contributed by atoms with Crippen molar-refractivity contribution in [3.8, 4) is 11.3 Å². The number of carbonyl (C=O) groups excluding carboxylic acids is 1. The Hall–Kier alpha value is -0.680. The van der Waals surface area contributed by atoms with Crippen LogP contribution < -0.4 is 0 Å². The molecule has 0 aliphatic heterocycles. The topological polar surface area (TPSA) is 26.3 Å². The van der Waals surface area contributed by atoms with Gasteiger partial charge in [0.1, 0.15) is 0 Å². The van der Waals surface area contributed by atoms with Crippen LogP contribution in [-0.2, 0) is 9.53 Å². The molecule has 55 valence electrons. The van der Waals surface area contributed by atoms with Gasteiger partial charge in [-0.2, -0.15) is 0 Å². The molecule has 0 aromatic carbocycles. The highest BCUT2D eigenvalue weighted by Crippen LogP contribution is 1.93. The molecule has 0 aromatic rings. The first-order valence-corrected chi connectivity index (χ1v) is 3.37. The van der Waals surface area contributed by atoms with Gasteiger partial charge in [-0.1, -0.05) is 5.92 Å². The van der Waals surface area contributed by atoms with Gasteiger partial charge in [-0.15, -0.1) is 0 Å². The van der Waals surface area contributed by atoms with Crippen LogP contribution in [0.3, 0.4) is 0 Å². The molecular formula is C7H8ClO2. The molecule has 0 unspecified atom stereocenters. The monoisotopic (exact) mass is 159 g/mol. The average Bonchev–Trinajstić information content (AvgIpc) is 1.97. The average molecular weight is 160 g/mol. The molecule has 0 saturated heterocycles. The lowest BCUT2D eigenvalue weighted by Gasteiger charge is -1.92. The fourth-order valence-electron chi connectivity index (χ4n) is 0.477. The van der Waals surface area contributed by atoms with Crippen molar-refractivity contribution >= 4 is 18.1 Å². The van der Waals surface area contributed by atoms with Crippen molar-refractivity contribution in [2.75, 3.05) is 6.61 Å². The van der Waals surface area contributed by atoms with Crippen LogP contribution in [0.15, 0.2) is 0 Å². The maximum atomic E-state index is 9.50. The van der Waals surface area contributed by atoms with Crippen LogP contribution in [0.5, 0.6) is 0 Å². The smallest absolute Gasteiger partial charge is 0.417 e. The first kappa shape index (κ1) is 9.32. The van der Waals surface area contributed by atoms with E-state index in [1.165, 1.54) is 6.47 Å². The van der Waals surface area contributed by atoms with Crippen molar-refractivity contribution in [2.45, 2.75) is 19.3 Å². The number of hydrogen-bond acceptors (Lipinski definition) is 2. The fraction of sp³-hybridized carbons (Fsp3) is 0.571. The van der Waals surface area contributed by atoms with Crippen LogP contribution >= 0.6 is 11.6 Å². The molecule has 0 fully saturated rings. The Labute approximate surface area is 65.5 Å². The summed E-state index contributed by atoms with van der Waals surface area (Å²) in [6.07, 6.45) is 2.48. The van der Waals surface area contributed by atoms with E-state index in [2.05, 4.69) is 16.0 Å². The summed E-state index contributed by atoms with van der Waals surface area (Å²) < 4.78 is 4.33. The van der Waals surface area contributed by atoms with Crippen molar-refractivity contribution in [1.82, 2.24) is 0 Å². The van der Waals surface area contributed by atoms with Crippen molar-refractivity contribution in [1.29, 1.82) is 0 Å². The van der Waals surface area contributed by atoms with Crippen LogP contribution in [0.4, 0.5) is 0 Å². The van der Waals surface area contributed by atoms with Crippen LogP contribution in [-0.4, -0.2) is 13.1 Å². The normalized spacial score (nSPS) is 7.70. The molecule has 10 heavy (non-hydrogen) atoms.